The molecule has 4 nitrogen and oxygen atoms in total. The molecule has 2 aromatic rings. The van der Waals surface area contributed by atoms with Crippen molar-refractivity contribution in [2.75, 3.05) is 0 Å². The molecule has 1 aromatic heterocycles. The van der Waals surface area contributed by atoms with Gasteiger partial charge >= 0.3 is 0 Å². The van der Waals surface area contributed by atoms with Crippen molar-refractivity contribution in [2.24, 2.45) is 0 Å². The number of aryl methyl sites for hydroxylation is 1. The van der Waals surface area contributed by atoms with Crippen molar-refractivity contribution in [3.05, 3.63) is 39.1 Å². The van der Waals surface area contributed by atoms with Crippen LogP contribution in [0.25, 0.3) is 5.69 Å². The molecule has 0 aliphatic heterocycles. The second-order valence-corrected chi connectivity index (χ2v) is 6.12. The topological polar surface area (TPSA) is 42.7 Å². The Morgan fingerprint density at radius 3 is 3.00 bits per heavy atom. The second kappa shape index (κ2) is 5.23. The molecule has 0 unspecified atom stereocenters. The largest absolute Gasteiger partial charge is 0.308 e. The van der Waals surface area contributed by atoms with Crippen LogP contribution in [0.5, 0.6) is 0 Å². The Kier molecular flexibility index (Phi) is 3.60. The van der Waals surface area contributed by atoms with Crippen molar-refractivity contribution in [2.45, 2.75) is 32.4 Å². The zero-order chi connectivity index (χ0) is 13.4. The second-order valence-electron chi connectivity index (χ2n) is 4.86. The molecule has 6 heteroatoms. The van der Waals surface area contributed by atoms with Gasteiger partial charge in [0.25, 0.3) is 0 Å². The number of nitrogens with one attached hydrogen (secondary N) is 1. The fourth-order valence-corrected chi connectivity index (χ4v) is 2.64. The summed E-state index contributed by atoms with van der Waals surface area (Å²) < 4.78 is 2.71. The summed E-state index contributed by atoms with van der Waals surface area (Å²) in [6, 6.07) is 4.56. The van der Waals surface area contributed by atoms with Crippen molar-refractivity contribution in [1.29, 1.82) is 0 Å². The van der Waals surface area contributed by atoms with E-state index < -0.39 is 0 Å². The SMILES string of the molecule is Cc1cc(Br)c(-n2cc(CNC3CC3)nn2)cc1Cl. The molecule has 1 heterocycles. The van der Waals surface area contributed by atoms with Crippen LogP contribution in [0.2, 0.25) is 5.02 Å². The van der Waals surface area contributed by atoms with Gasteiger partial charge in [-0.05, 0) is 53.4 Å². The highest BCUT2D eigenvalue weighted by molar-refractivity contribution is 9.10. The maximum atomic E-state index is 6.16. The quantitative estimate of drug-likeness (QED) is 0.928. The van der Waals surface area contributed by atoms with Crippen LogP contribution in [0.4, 0.5) is 0 Å². The number of nitrogens with zero attached hydrogens (tertiary/aromatic N) is 3. The standard InChI is InChI=1S/C13H14BrClN4/c1-8-4-11(14)13(5-12(8)15)19-7-10(17-18-19)6-16-9-2-3-9/h4-5,7,9,16H,2-3,6H2,1H3. The zero-order valence-corrected chi connectivity index (χ0v) is 12.9. The molecule has 1 aliphatic rings. The summed E-state index contributed by atoms with van der Waals surface area (Å²) in [7, 11) is 0. The van der Waals surface area contributed by atoms with Crippen molar-refractivity contribution in [3.8, 4) is 5.69 Å². The van der Waals surface area contributed by atoms with Gasteiger partial charge < -0.3 is 5.32 Å². The van der Waals surface area contributed by atoms with Gasteiger partial charge in [0, 0.05) is 22.1 Å². The first kappa shape index (κ1) is 13.1. The van der Waals surface area contributed by atoms with E-state index in [0.717, 1.165) is 33.0 Å². The van der Waals surface area contributed by atoms with Crippen molar-refractivity contribution >= 4 is 27.5 Å². The molecule has 1 saturated carbocycles. The summed E-state index contributed by atoms with van der Waals surface area (Å²) >= 11 is 9.70. The van der Waals surface area contributed by atoms with Crippen LogP contribution < -0.4 is 5.32 Å². The highest BCUT2D eigenvalue weighted by Gasteiger charge is 2.20. The van der Waals surface area contributed by atoms with E-state index in [1.54, 1.807) is 4.68 Å². The van der Waals surface area contributed by atoms with E-state index in [-0.39, 0.29) is 0 Å². The summed E-state index contributed by atoms with van der Waals surface area (Å²) in [5.74, 6) is 0. The Morgan fingerprint density at radius 2 is 2.26 bits per heavy atom. The lowest BCUT2D eigenvalue weighted by Gasteiger charge is -2.06. The Balaban J connectivity index is 1.83. The Bertz CT molecular complexity index is 607. The maximum Gasteiger partial charge on any atom is 0.0969 e. The molecular weight excluding hydrogens is 328 g/mol. The van der Waals surface area contributed by atoms with E-state index in [1.807, 2.05) is 25.3 Å². The third-order valence-corrected chi connectivity index (χ3v) is 4.21. The molecular formula is C13H14BrClN4. The molecule has 0 radical (unpaired) electrons. The Labute approximate surface area is 125 Å². The van der Waals surface area contributed by atoms with Gasteiger partial charge in [0.15, 0.2) is 0 Å². The van der Waals surface area contributed by atoms with E-state index in [2.05, 4.69) is 31.6 Å². The van der Waals surface area contributed by atoms with Crippen LogP contribution in [0.1, 0.15) is 24.1 Å². The molecule has 1 aliphatic carbocycles. The average molecular weight is 342 g/mol. The van der Waals surface area contributed by atoms with E-state index in [0.29, 0.717) is 6.04 Å². The summed E-state index contributed by atoms with van der Waals surface area (Å²) in [4.78, 5) is 0. The van der Waals surface area contributed by atoms with Crippen molar-refractivity contribution < 1.29 is 0 Å². The van der Waals surface area contributed by atoms with Crippen LogP contribution in [0.3, 0.4) is 0 Å². The summed E-state index contributed by atoms with van der Waals surface area (Å²) in [5, 5.41) is 12.5. The molecule has 100 valence electrons. The van der Waals surface area contributed by atoms with E-state index >= 15 is 0 Å². The van der Waals surface area contributed by atoms with Crippen LogP contribution in [-0.4, -0.2) is 21.0 Å². The van der Waals surface area contributed by atoms with Crippen LogP contribution in [0, 0.1) is 6.92 Å². The Hall–Kier alpha value is -0.910. The first-order chi connectivity index (χ1) is 9.13. The molecule has 1 fully saturated rings. The Morgan fingerprint density at radius 1 is 1.47 bits per heavy atom. The van der Waals surface area contributed by atoms with Gasteiger partial charge in [0.2, 0.25) is 0 Å². The lowest BCUT2D eigenvalue weighted by atomic mass is 10.2. The zero-order valence-electron chi connectivity index (χ0n) is 10.5. The summed E-state index contributed by atoms with van der Waals surface area (Å²) in [6.45, 7) is 2.74. The summed E-state index contributed by atoms with van der Waals surface area (Å²) in [6.07, 6.45) is 4.47. The van der Waals surface area contributed by atoms with E-state index in [1.165, 1.54) is 12.8 Å². The molecule has 0 bridgehead atoms. The van der Waals surface area contributed by atoms with Crippen LogP contribution in [-0.2, 0) is 6.54 Å². The maximum absolute atomic E-state index is 6.16. The van der Waals surface area contributed by atoms with E-state index in [4.69, 9.17) is 11.6 Å². The predicted octanol–water partition coefficient (Wildman–Crippen LogP) is 3.24. The third kappa shape index (κ3) is 2.99. The highest BCUT2D eigenvalue weighted by Crippen LogP contribution is 2.27. The van der Waals surface area contributed by atoms with Gasteiger partial charge in [0.1, 0.15) is 0 Å². The van der Waals surface area contributed by atoms with Crippen molar-refractivity contribution in [3.63, 3.8) is 0 Å². The van der Waals surface area contributed by atoms with Gasteiger partial charge in [-0.1, -0.05) is 16.8 Å². The number of hydrogen-bond donors (Lipinski definition) is 1. The number of benzene rings is 1. The minimum atomic E-state index is 0.672. The number of halogens is 2. The van der Waals surface area contributed by atoms with E-state index in [9.17, 15) is 0 Å². The number of hydrogen-bond acceptors (Lipinski definition) is 3. The number of rotatable bonds is 4. The summed E-state index contributed by atoms with van der Waals surface area (Å²) in [5.41, 5.74) is 2.88. The molecule has 1 aromatic carbocycles. The number of aromatic nitrogens is 3. The van der Waals surface area contributed by atoms with Gasteiger partial charge in [0.05, 0.1) is 17.6 Å². The first-order valence-electron chi connectivity index (χ1n) is 6.24. The monoisotopic (exact) mass is 340 g/mol. The fraction of sp³-hybridized carbons (Fsp3) is 0.385. The first-order valence-corrected chi connectivity index (χ1v) is 7.41. The lowest BCUT2D eigenvalue weighted by Crippen LogP contribution is -2.15. The third-order valence-electron chi connectivity index (χ3n) is 3.16. The molecule has 0 saturated heterocycles. The van der Waals surface area contributed by atoms with Crippen LogP contribution in [0.15, 0.2) is 22.8 Å². The molecule has 19 heavy (non-hydrogen) atoms. The lowest BCUT2D eigenvalue weighted by molar-refractivity contribution is 0.671. The van der Waals surface area contributed by atoms with Gasteiger partial charge in [-0.15, -0.1) is 5.10 Å². The van der Waals surface area contributed by atoms with Crippen molar-refractivity contribution in [1.82, 2.24) is 20.3 Å². The van der Waals surface area contributed by atoms with Gasteiger partial charge in [-0.3, -0.25) is 0 Å². The minimum absolute atomic E-state index is 0.672. The van der Waals surface area contributed by atoms with Gasteiger partial charge in [-0.2, -0.15) is 0 Å². The smallest absolute Gasteiger partial charge is 0.0969 e. The molecule has 3 rings (SSSR count). The minimum Gasteiger partial charge on any atom is -0.308 e. The van der Waals surface area contributed by atoms with Gasteiger partial charge in [-0.25, -0.2) is 4.68 Å². The molecule has 0 amide bonds. The predicted molar refractivity (Wildman–Crippen MR) is 78.7 cm³/mol. The molecule has 0 spiro atoms. The molecule has 0 atom stereocenters. The average Bonchev–Trinajstić information content (AvgIpc) is 3.09. The fourth-order valence-electron chi connectivity index (χ4n) is 1.84. The molecule has 1 N–H and O–H groups in total. The van der Waals surface area contributed by atoms with Crippen LogP contribution >= 0.6 is 27.5 Å². The highest BCUT2D eigenvalue weighted by atomic mass is 79.9. The normalized spacial score (nSPS) is 14.9.